The Hall–Kier alpha value is -1.52. The van der Waals surface area contributed by atoms with Crippen molar-refractivity contribution in [3.05, 3.63) is 51.2 Å². The van der Waals surface area contributed by atoms with Crippen molar-refractivity contribution >= 4 is 34.5 Å². The Bertz CT molecular complexity index is 608. The summed E-state index contributed by atoms with van der Waals surface area (Å²) in [5.41, 5.74) is 6.51. The molecular weight excluding hydrogens is 292 g/mol. The van der Waals surface area contributed by atoms with Gasteiger partial charge in [-0.2, -0.15) is 0 Å². The van der Waals surface area contributed by atoms with Crippen molar-refractivity contribution < 1.29 is 4.79 Å². The average Bonchev–Trinajstić information content (AvgIpc) is 2.90. The number of thiophene rings is 1. The maximum Gasteiger partial charge on any atom is 0.252 e. The molecule has 0 aliphatic rings. The van der Waals surface area contributed by atoms with Crippen LogP contribution < -0.4 is 11.1 Å². The van der Waals surface area contributed by atoms with Crippen LogP contribution in [0.4, 0.5) is 5.69 Å². The molecule has 1 aromatic heterocycles. The normalized spacial score (nSPS) is 11.3. The predicted octanol–water partition coefficient (Wildman–Crippen LogP) is 3.69. The third kappa shape index (κ3) is 3.32. The van der Waals surface area contributed by atoms with E-state index in [9.17, 15) is 4.79 Å². The quantitative estimate of drug-likeness (QED) is 0.846. The Morgan fingerprint density at radius 2 is 2.15 bits per heavy atom. The number of hydrogen-bond donors (Lipinski definition) is 2. The fourth-order valence-electron chi connectivity index (χ4n) is 1.86. The van der Waals surface area contributed by atoms with Gasteiger partial charge in [-0.3, -0.25) is 4.79 Å². The van der Waals surface area contributed by atoms with Crippen LogP contribution in [0.3, 0.4) is 0 Å². The number of nitrogen functional groups attached to an aromatic ring is 1. The van der Waals surface area contributed by atoms with Crippen molar-refractivity contribution in [2.24, 2.45) is 0 Å². The first-order valence-corrected chi connectivity index (χ1v) is 7.53. The number of carbonyl (C=O) groups is 1. The van der Waals surface area contributed by atoms with Crippen LogP contribution >= 0.6 is 22.9 Å². The molecule has 0 saturated carbocycles. The predicted molar refractivity (Wildman–Crippen MR) is 85.5 cm³/mol. The molecular formula is C15H17ClN2OS. The van der Waals surface area contributed by atoms with E-state index in [1.807, 2.05) is 11.4 Å². The second-order valence-corrected chi connectivity index (χ2v) is 6.64. The molecule has 0 bridgehead atoms. The van der Waals surface area contributed by atoms with Crippen LogP contribution in [0.5, 0.6) is 0 Å². The molecule has 2 rings (SSSR count). The van der Waals surface area contributed by atoms with Gasteiger partial charge in [-0.15, -0.1) is 11.3 Å². The lowest BCUT2D eigenvalue weighted by atomic mass is 9.91. The first-order chi connectivity index (χ1) is 9.40. The number of halogens is 1. The van der Waals surface area contributed by atoms with E-state index in [2.05, 4.69) is 25.2 Å². The van der Waals surface area contributed by atoms with Crippen molar-refractivity contribution in [1.82, 2.24) is 5.32 Å². The highest BCUT2D eigenvalue weighted by Gasteiger charge is 2.23. The molecule has 3 N–H and O–H groups in total. The summed E-state index contributed by atoms with van der Waals surface area (Å²) in [6, 6.07) is 8.99. The number of hydrogen-bond acceptors (Lipinski definition) is 3. The molecule has 3 nitrogen and oxygen atoms in total. The minimum Gasteiger partial charge on any atom is -0.399 e. The smallest absolute Gasteiger partial charge is 0.252 e. The topological polar surface area (TPSA) is 55.1 Å². The summed E-state index contributed by atoms with van der Waals surface area (Å²) in [5, 5.41) is 5.34. The number of nitrogens with one attached hydrogen (secondary N) is 1. The zero-order valence-electron chi connectivity index (χ0n) is 11.4. The summed E-state index contributed by atoms with van der Waals surface area (Å²) < 4.78 is 0. The van der Waals surface area contributed by atoms with Crippen molar-refractivity contribution in [1.29, 1.82) is 0 Å². The van der Waals surface area contributed by atoms with Gasteiger partial charge in [0.25, 0.3) is 5.91 Å². The summed E-state index contributed by atoms with van der Waals surface area (Å²) >= 11 is 7.72. The number of nitrogens with two attached hydrogens (primary N) is 1. The van der Waals surface area contributed by atoms with E-state index in [4.69, 9.17) is 17.3 Å². The SMILES string of the molecule is CC(C)(CNC(=O)c1ccc(N)cc1Cl)c1cccs1. The second-order valence-electron chi connectivity index (χ2n) is 5.28. The standard InChI is InChI=1S/C15H17ClN2OS/c1-15(2,13-4-3-7-20-13)9-18-14(19)11-6-5-10(17)8-12(11)16/h3-8H,9,17H2,1-2H3,(H,18,19). The molecule has 0 unspecified atom stereocenters. The van der Waals surface area contributed by atoms with E-state index in [0.717, 1.165) is 0 Å². The average molecular weight is 309 g/mol. The van der Waals surface area contributed by atoms with Crippen LogP contribution in [-0.2, 0) is 5.41 Å². The molecule has 0 radical (unpaired) electrons. The van der Waals surface area contributed by atoms with Gasteiger partial charge in [-0.1, -0.05) is 31.5 Å². The number of rotatable bonds is 4. The minimum atomic E-state index is -0.181. The van der Waals surface area contributed by atoms with E-state index < -0.39 is 0 Å². The number of amides is 1. The molecule has 0 spiro atoms. The third-order valence-corrected chi connectivity index (χ3v) is 4.67. The minimum absolute atomic E-state index is 0.107. The molecule has 1 heterocycles. The Balaban J connectivity index is 2.05. The van der Waals surface area contributed by atoms with Gasteiger partial charge in [-0.05, 0) is 29.6 Å². The van der Waals surface area contributed by atoms with Gasteiger partial charge in [0, 0.05) is 22.5 Å². The van der Waals surface area contributed by atoms with Crippen LogP contribution in [0.1, 0.15) is 29.1 Å². The number of benzene rings is 1. The molecule has 20 heavy (non-hydrogen) atoms. The molecule has 0 fully saturated rings. The van der Waals surface area contributed by atoms with Crippen LogP contribution in [0, 0.1) is 0 Å². The van der Waals surface area contributed by atoms with E-state index >= 15 is 0 Å². The molecule has 106 valence electrons. The highest BCUT2D eigenvalue weighted by Crippen LogP contribution is 2.27. The highest BCUT2D eigenvalue weighted by atomic mass is 35.5. The van der Waals surface area contributed by atoms with Crippen LogP contribution in [0.25, 0.3) is 0 Å². The summed E-state index contributed by atoms with van der Waals surface area (Å²) in [7, 11) is 0. The zero-order valence-corrected chi connectivity index (χ0v) is 13.0. The first-order valence-electron chi connectivity index (χ1n) is 6.27. The summed E-state index contributed by atoms with van der Waals surface area (Å²) in [6.45, 7) is 4.75. The molecule has 2 aromatic rings. The Labute approximate surface area is 127 Å². The van der Waals surface area contributed by atoms with Gasteiger partial charge < -0.3 is 11.1 Å². The van der Waals surface area contributed by atoms with Crippen LogP contribution in [0.2, 0.25) is 5.02 Å². The lowest BCUT2D eigenvalue weighted by molar-refractivity contribution is 0.0946. The largest absolute Gasteiger partial charge is 0.399 e. The summed E-state index contributed by atoms with van der Waals surface area (Å²) in [6.07, 6.45) is 0. The van der Waals surface area contributed by atoms with E-state index in [-0.39, 0.29) is 11.3 Å². The first kappa shape index (κ1) is 14.9. The molecule has 0 aliphatic heterocycles. The maximum absolute atomic E-state index is 12.2. The van der Waals surface area contributed by atoms with Crippen LogP contribution in [-0.4, -0.2) is 12.5 Å². The Morgan fingerprint density at radius 3 is 2.75 bits per heavy atom. The summed E-state index contributed by atoms with van der Waals surface area (Å²) in [5.74, 6) is -0.181. The van der Waals surface area contributed by atoms with Gasteiger partial charge in [-0.25, -0.2) is 0 Å². The monoisotopic (exact) mass is 308 g/mol. The fourth-order valence-corrected chi connectivity index (χ4v) is 2.99. The molecule has 0 aliphatic carbocycles. The Morgan fingerprint density at radius 1 is 1.40 bits per heavy atom. The van der Waals surface area contributed by atoms with Gasteiger partial charge in [0.15, 0.2) is 0 Å². The highest BCUT2D eigenvalue weighted by molar-refractivity contribution is 7.10. The van der Waals surface area contributed by atoms with Crippen molar-refractivity contribution in [2.45, 2.75) is 19.3 Å². The van der Waals surface area contributed by atoms with Crippen molar-refractivity contribution in [3.63, 3.8) is 0 Å². The van der Waals surface area contributed by atoms with Gasteiger partial charge in [0.2, 0.25) is 0 Å². The zero-order chi connectivity index (χ0) is 14.8. The van der Waals surface area contributed by atoms with Gasteiger partial charge in [0.1, 0.15) is 0 Å². The summed E-state index contributed by atoms with van der Waals surface area (Å²) in [4.78, 5) is 13.4. The molecule has 0 atom stereocenters. The number of anilines is 1. The van der Waals surface area contributed by atoms with E-state index in [1.165, 1.54) is 4.88 Å². The second kappa shape index (κ2) is 5.85. The number of carbonyl (C=O) groups excluding carboxylic acids is 1. The van der Waals surface area contributed by atoms with E-state index in [1.54, 1.807) is 29.5 Å². The molecule has 1 aromatic carbocycles. The molecule has 5 heteroatoms. The third-order valence-electron chi connectivity index (χ3n) is 3.12. The van der Waals surface area contributed by atoms with Crippen molar-refractivity contribution in [3.8, 4) is 0 Å². The molecule has 1 amide bonds. The molecule has 0 saturated heterocycles. The lowest BCUT2D eigenvalue weighted by Crippen LogP contribution is -2.36. The van der Waals surface area contributed by atoms with E-state index in [0.29, 0.717) is 22.8 Å². The lowest BCUT2D eigenvalue weighted by Gasteiger charge is -2.23. The fraction of sp³-hybridized carbons (Fsp3) is 0.267. The van der Waals surface area contributed by atoms with Gasteiger partial charge in [0.05, 0.1) is 10.6 Å². The van der Waals surface area contributed by atoms with Gasteiger partial charge >= 0.3 is 0 Å². The maximum atomic E-state index is 12.2. The van der Waals surface area contributed by atoms with Crippen molar-refractivity contribution in [2.75, 3.05) is 12.3 Å². The van der Waals surface area contributed by atoms with Crippen LogP contribution in [0.15, 0.2) is 35.7 Å². The Kier molecular flexibility index (Phi) is 4.35.